The maximum Gasteiger partial charge on any atom is 0.302 e. The summed E-state index contributed by atoms with van der Waals surface area (Å²) in [7, 11) is 0. The monoisotopic (exact) mass is 348 g/mol. The van der Waals surface area contributed by atoms with Crippen molar-refractivity contribution in [3.63, 3.8) is 0 Å². The van der Waals surface area contributed by atoms with Gasteiger partial charge in [-0.3, -0.25) is 9.59 Å². The standard InChI is InChI=1S/C21H29FO3/c1-12(23)25-14-6-8-20(2)13(10-14)4-5-15-16(20)7-9-21(3)17(15)11-18(22)19(21)24/h4,14-18H,5-11H2,1-3H3/t14-,15?,16?,17?,18+,20?,21?/m0/s1. The van der Waals surface area contributed by atoms with E-state index in [2.05, 4.69) is 13.0 Å². The van der Waals surface area contributed by atoms with Gasteiger partial charge in [-0.25, -0.2) is 4.39 Å². The Kier molecular flexibility index (Phi) is 3.90. The zero-order chi connectivity index (χ0) is 18.0. The molecule has 4 aliphatic rings. The largest absolute Gasteiger partial charge is 0.462 e. The summed E-state index contributed by atoms with van der Waals surface area (Å²) >= 11 is 0. The third-order valence-corrected chi connectivity index (χ3v) is 8.09. The highest BCUT2D eigenvalue weighted by Crippen LogP contribution is 2.64. The van der Waals surface area contributed by atoms with Crippen molar-refractivity contribution in [2.75, 3.05) is 0 Å². The van der Waals surface area contributed by atoms with Crippen molar-refractivity contribution < 1.29 is 18.7 Å². The molecule has 3 nitrogen and oxygen atoms in total. The number of carbonyl (C=O) groups is 2. The molecule has 0 aromatic rings. The van der Waals surface area contributed by atoms with Gasteiger partial charge in [-0.1, -0.05) is 25.5 Å². The Morgan fingerprint density at radius 1 is 1.20 bits per heavy atom. The molecule has 4 heteroatoms. The van der Waals surface area contributed by atoms with Gasteiger partial charge >= 0.3 is 5.97 Å². The van der Waals surface area contributed by atoms with E-state index in [0.717, 1.165) is 38.5 Å². The number of hydrogen-bond donors (Lipinski definition) is 0. The Morgan fingerprint density at radius 3 is 2.64 bits per heavy atom. The highest BCUT2D eigenvalue weighted by atomic mass is 19.1. The van der Waals surface area contributed by atoms with Crippen molar-refractivity contribution in [2.45, 2.75) is 78.0 Å². The van der Waals surface area contributed by atoms with Gasteiger partial charge in [0.2, 0.25) is 0 Å². The van der Waals surface area contributed by atoms with Crippen molar-refractivity contribution >= 4 is 11.8 Å². The number of halogens is 1. The molecule has 0 bridgehead atoms. The molecule has 5 unspecified atom stereocenters. The number of fused-ring (bicyclic) bond motifs is 5. The fraction of sp³-hybridized carbons (Fsp3) is 0.810. The molecule has 3 fully saturated rings. The van der Waals surface area contributed by atoms with Crippen LogP contribution in [0.25, 0.3) is 0 Å². The van der Waals surface area contributed by atoms with Gasteiger partial charge in [0.1, 0.15) is 6.10 Å². The summed E-state index contributed by atoms with van der Waals surface area (Å²) in [5.41, 5.74) is 1.10. The zero-order valence-corrected chi connectivity index (χ0v) is 15.5. The van der Waals surface area contributed by atoms with Crippen LogP contribution in [0.4, 0.5) is 4.39 Å². The van der Waals surface area contributed by atoms with E-state index in [4.69, 9.17) is 4.74 Å². The lowest BCUT2D eigenvalue weighted by atomic mass is 9.48. The maximum atomic E-state index is 14.2. The molecule has 4 aliphatic carbocycles. The summed E-state index contributed by atoms with van der Waals surface area (Å²) < 4.78 is 19.7. The third kappa shape index (κ3) is 2.43. The van der Waals surface area contributed by atoms with Crippen molar-refractivity contribution in [1.29, 1.82) is 0 Å². The summed E-state index contributed by atoms with van der Waals surface area (Å²) in [4.78, 5) is 23.7. The van der Waals surface area contributed by atoms with Crippen LogP contribution < -0.4 is 0 Å². The Bertz CT molecular complexity index is 641. The van der Waals surface area contributed by atoms with Gasteiger partial charge in [-0.15, -0.1) is 0 Å². The normalized spacial score (nSPS) is 48.9. The minimum atomic E-state index is -1.26. The minimum absolute atomic E-state index is 0.00510. The van der Waals surface area contributed by atoms with Crippen LogP contribution in [-0.4, -0.2) is 24.0 Å². The molecule has 0 aromatic heterocycles. The molecule has 3 saturated carbocycles. The molecule has 7 atom stereocenters. The van der Waals surface area contributed by atoms with E-state index in [-0.39, 0.29) is 29.2 Å². The van der Waals surface area contributed by atoms with Crippen LogP contribution in [0.1, 0.15) is 65.7 Å². The van der Waals surface area contributed by atoms with Crippen molar-refractivity contribution in [1.82, 2.24) is 0 Å². The van der Waals surface area contributed by atoms with E-state index in [1.165, 1.54) is 12.5 Å². The molecule has 0 amide bonds. The highest BCUT2D eigenvalue weighted by Gasteiger charge is 2.61. The maximum absolute atomic E-state index is 14.2. The number of esters is 1. The SMILES string of the molecule is CC(=O)O[C@H]1CCC2(C)C(=CCC3C4C[C@@H](F)C(=O)C4(C)CCC32)C1. The van der Waals surface area contributed by atoms with Gasteiger partial charge in [0, 0.05) is 18.8 Å². The van der Waals surface area contributed by atoms with Crippen LogP contribution >= 0.6 is 0 Å². The average Bonchev–Trinajstić information content (AvgIpc) is 2.78. The van der Waals surface area contributed by atoms with Crippen molar-refractivity contribution in [3.8, 4) is 0 Å². The van der Waals surface area contributed by atoms with E-state index in [1.807, 2.05) is 6.92 Å². The van der Waals surface area contributed by atoms with Crippen LogP contribution in [0.5, 0.6) is 0 Å². The van der Waals surface area contributed by atoms with Crippen molar-refractivity contribution in [2.24, 2.45) is 28.6 Å². The first-order chi connectivity index (χ1) is 11.8. The smallest absolute Gasteiger partial charge is 0.302 e. The van der Waals surface area contributed by atoms with E-state index in [1.54, 1.807) is 0 Å². The number of ketones is 1. The molecule has 138 valence electrons. The number of Topliss-reactive ketones (excluding diaryl/α,β-unsaturated/α-hetero) is 1. The summed E-state index contributed by atoms with van der Waals surface area (Å²) in [6.07, 6.45) is 7.06. The number of rotatable bonds is 1. The lowest BCUT2D eigenvalue weighted by Gasteiger charge is -2.56. The fourth-order valence-corrected chi connectivity index (χ4v) is 6.71. The van der Waals surface area contributed by atoms with Gasteiger partial charge in [0.05, 0.1) is 0 Å². The molecule has 0 saturated heterocycles. The third-order valence-electron chi connectivity index (χ3n) is 8.09. The number of carbonyl (C=O) groups excluding carboxylic acids is 2. The second kappa shape index (κ2) is 5.65. The molecular weight excluding hydrogens is 319 g/mol. The van der Waals surface area contributed by atoms with Crippen LogP contribution in [0, 0.1) is 28.6 Å². The van der Waals surface area contributed by atoms with Crippen LogP contribution in [0.15, 0.2) is 11.6 Å². The lowest BCUT2D eigenvalue weighted by Crippen LogP contribution is -2.50. The topological polar surface area (TPSA) is 43.4 Å². The van der Waals surface area contributed by atoms with Gasteiger partial charge in [0.25, 0.3) is 0 Å². The molecule has 0 aromatic carbocycles. The fourth-order valence-electron chi connectivity index (χ4n) is 6.71. The second-order valence-corrected chi connectivity index (χ2v) is 9.26. The Labute approximate surface area is 149 Å². The van der Waals surface area contributed by atoms with Crippen LogP contribution in [0.3, 0.4) is 0 Å². The van der Waals surface area contributed by atoms with Crippen LogP contribution in [-0.2, 0) is 14.3 Å². The summed E-state index contributed by atoms with van der Waals surface area (Å²) in [5.74, 6) is 0.795. The Morgan fingerprint density at radius 2 is 1.92 bits per heavy atom. The quantitative estimate of drug-likeness (QED) is 0.521. The molecule has 0 aliphatic heterocycles. The van der Waals surface area contributed by atoms with Gasteiger partial charge in [-0.05, 0) is 61.7 Å². The molecule has 0 N–H and O–H groups in total. The summed E-state index contributed by atoms with van der Waals surface area (Å²) in [6, 6.07) is 0. The highest BCUT2D eigenvalue weighted by molar-refractivity contribution is 5.91. The van der Waals surface area contributed by atoms with E-state index in [9.17, 15) is 14.0 Å². The van der Waals surface area contributed by atoms with Gasteiger partial charge in [0.15, 0.2) is 12.0 Å². The number of allylic oxidation sites excluding steroid dienone is 1. The number of alkyl halides is 1. The molecular formula is C21H29FO3. The summed E-state index contributed by atoms with van der Waals surface area (Å²) in [5, 5.41) is 0. The van der Waals surface area contributed by atoms with E-state index in [0.29, 0.717) is 18.3 Å². The molecule has 0 radical (unpaired) electrons. The first-order valence-corrected chi connectivity index (χ1v) is 9.81. The molecule has 0 spiro atoms. The van der Waals surface area contributed by atoms with E-state index >= 15 is 0 Å². The Balaban J connectivity index is 1.61. The lowest BCUT2D eigenvalue weighted by molar-refractivity contribution is -0.148. The number of ether oxygens (including phenoxy) is 1. The molecule has 4 rings (SSSR count). The van der Waals surface area contributed by atoms with Gasteiger partial charge in [-0.2, -0.15) is 0 Å². The first kappa shape index (κ1) is 17.2. The predicted octanol–water partition coefficient (Wildman–Crippen LogP) is 4.40. The van der Waals surface area contributed by atoms with E-state index < -0.39 is 11.6 Å². The second-order valence-electron chi connectivity index (χ2n) is 9.26. The molecule has 0 heterocycles. The summed E-state index contributed by atoms with van der Waals surface area (Å²) in [6.45, 7) is 5.84. The van der Waals surface area contributed by atoms with Gasteiger partial charge < -0.3 is 4.74 Å². The minimum Gasteiger partial charge on any atom is -0.462 e. The average molecular weight is 348 g/mol. The van der Waals surface area contributed by atoms with Crippen LogP contribution in [0.2, 0.25) is 0 Å². The Hall–Kier alpha value is -1.19. The predicted molar refractivity (Wildman–Crippen MR) is 92.5 cm³/mol. The first-order valence-electron chi connectivity index (χ1n) is 9.81. The zero-order valence-electron chi connectivity index (χ0n) is 15.5. The van der Waals surface area contributed by atoms with Crippen molar-refractivity contribution in [3.05, 3.63) is 11.6 Å². The molecule has 25 heavy (non-hydrogen) atoms. The number of hydrogen-bond acceptors (Lipinski definition) is 3.